The largest absolute Gasteiger partial charge is 0.360 e. The predicted molar refractivity (Wildman–Crippen MR) is 82.0 cm³/mol. The molecule has 1 aliphatic rings. The molecule has 1 atom stereocenters. The Labute approximate surface area is 128 Å². The monoisotopic (exact) mass is 324 g/mol. The molecule has 0 aliphatic carbocycles. The lowest BCUT2D eigenvalue weighted by molar-refractivity contribution is 0.0714. The molecule has 0 spiro atoms. The van der Waals surface area contributed by atoms with Crippen LogP contribution in [-0.4, -0.2) is 48.3 Å². The zero-order valence-corrected chi connectivity index (χ0v) is 13.0. The number of rotatable bonds is 1. The van der Waals surface area contributed by atoms with Gasteiger partial charge < -0.3 is 9.88 Å². The maximum absolute atomic E-state index is 14.0. The molecule has 7 heteroatoms. The highest BCUT2D eigenvalue weighted by atomic mass is 32.2. The Bertz CT molecular complexity index is 828. The van der Waals surface area contributed by atoms with Crippen LogP contribution in [0.25, 0.3) is 10.9 Å². The zero-order chi connectivity index (χ0) is 15.9. The van der Waals surface area contributed by atoms with E-state index in [0.29, 0.717) is 18.5 Å². The fourth-order valence-electron chi connectivity index (χ4n) is 2.98. The molecule has 1 aliphatic heterocycles. The topological polar surface area (TPSA) is 70.2 Å². The standard InChI is InChI=1S/C15H17FN2O3S/c1-10-9-22(20,21)7-3-6-18(10)15(19)11-8-17-13-5-2-4-12(16)14(11)13/h2,4-5,8,10,17H,3,6-7,9H2,1H3. The molecule has 1 fully saturated rings. The minimum atomic E-state index is -3.13. The second-order valence-corrected chi connectivity index (χ2v) is 7.91. The normalized spacial score (nSPS) is 21.7. The summed E-state index contributed by atoms with van der Waals surface area (Å²) >= 11 is 0. The van der Waals surface area contributed by atoms with Gasteiger partial charge in [0.1, 0.15) is 5.82 Å². The van der Waals surface area contributed by atoms with Crippen LogP contribution in [-0.2, 0) is 9.84 Å². The van der Waals surface area contributed by atoms with Crippen molar-refractivity contribution in [2.75, 3.05) is 18.1 Å². The maximum atomic E-state index is 14.0. The van der Waals surface area contributed by atoms with Gasteiger partial charge in [-0.2, -0.15) is 0 Å². The van der Waals surface area contributed by atoms with Gasteiger partial charge in [-0.3, -0.25) is 4.79 Å². The number of hydrogen-bond donors (Lipinski definition) is 1. The molecule has 2 heterocycles. The summed E-state index contributed by atoms with van der Waals surface area (Å²) in [5, 5.41) is 0.256. The van der Waals surface area contributed by atoms with Crippen molar-refractivity contribution in [3.05, 3.63) is 35.8 Å². The molecule has 2 aromatic rings. The smallest absolute Gasteiger partial charge is 0.256 e. The first-order valence-corrected chi connectivity index (χ1v) is 8.98. The number of carbonyl (C=O) groups excluding carboxylic acids is 1. The Morgan fingerprint density at radius 1 is 1.41 bits per heavy atom. The fraction of sp³-hybridized carbons (Fsp3) is 0.400. The van der Waals surface area contributed by atoms with Gasteiger partial charge in [0.15, 0.2) is 9.84 Å². The summed E-state index contributed by atoms with van der Waals surface area (Å²) in [6.07, 6.45) is 1.89. The van der Waals surface area contributed by atoms with Crippen LogP contribution in [0.2, 0.25) is 0 Å². The summed E-state index contributed by atoms with van der Waals surface area (Å²) in [5.41, 5.74) is 0.803. The summed E-state index contributed by atoms with van der Waals surface area (Å²) in [7, 11) is -3.13. The van der Waals surface area contributed by atoms with E-state index in [1.165, 1.54) is 17.2 Å². The molecule has 0 radical (unpaired) electrons. The summed E-state index contributed by atoms with van der Waals surface area (Å²) in [6.45, 7) is 2.08. The lowest BCUT2D eigenvalue weighted by Crippen LogP contribution is -2.40. The molecule has 1 saturated heterocycles. The van der Waals surface area contributed by atoms with Crippen molar-refractivity contribution < 1.29 is 17.6 Å². The number of nitrogens with one attached hydrogen (secondary N) is 1. The van der Waals surface area contributed by atoms with E-state index in [4.69, 9.17) is 0 Å². The lowest BCUT2D eigenvalue weighted by Gasteiger charge is -2.26. The van der Waals surface area contributed by atoms with Crippen molar-refractivity contribution in [2.45, 2.75) is 19.4 Å². The van der Waals surface area contributed by atoms with Crippen LogP contribution >= 0.6 is 0 Å². The summed E-state index contributed by atoms with van der Waals surface area (Å²) in [6, 6.07) is 4.16. The third-order valence-electron chi connectivity index (χ3n) is 4.03. The molecule has 118 valence electrons. The predicted octanol–water partition coefficient (Wildman–Crippen LogP) is 1.96. The highest BCUT2D eigenvalue weighted by Crippen LogP contribution is 2.24. The molecule has 1 N–H and O–H groups in total. The fourth-order valence-corrected chi connectivity index (χ4v) is 4.63. The number of fused-ring (bicyclic) bond motifs is 1. The van der Waals surface area contributed by atoms with Crippen molar-refractivity contribution >= 4 is 26.6 Å². The van der Waals surface area contributed by atoms with Crippen LogP contribution in [0.1, 0.15) is 23.7 Å². The highest BCUT2D eigenvalue weighted by molar-refractivity contribution is 7.91. The molecule has 3 rings (SSSR count). The van der Waals surface area contributed by atoms with Crippen LogP contribution < -0.4 is 0 Å². The lowest BCUT2D eigenvalue weighted by atomic mass is 10.1. The van der Waals surface area contributed by atoms with Gasteiger partial charge in [-0.15, -0.1) is 0 Å². The van der Waals surface area contributed by atoms with E-state index in [-0.39, 0.29) is 28.4 Å². The Kier molecular flexibility index (Phi) is 3.68. The third kappa shape index (κ3) is 2.61. The molecule has 1 aromatic heterocycles. The first-order chi connectivity index (χ1) is 10.4. The third-order valence-corrected chi connectivity index (χ3v) is 5.93. The van der Waals surface area contributed by atoms with Gasteiger partial charge in [0.25, 0.3) is 5.91 Å². The quantitative estimate of drug-likeness (QED) is 0.872. The molecule has 0 bridgehead atoms. The molecule has 22 heavy (non-hydrogen) atoms. The van der Waals surface area contributed by atoms with Gasteiger partial charge in [-0.05, 0) is 25.5 Å². The number of hydrogen-bond acceptors (Lipinski definition) is 3. The molecule has 1 aromatic carbocycles. The van der Waals surface area contributed by atoms with E-state index in [1.54, 1.807) is 19.1 Å². The van der Waals surface area contributed by atoms with Crippen molar-refractivity contribution in [3.63, 3.8) is 0 Å². The first kappa shape index (κ1) is 15.0. The first-order valence-electron chi connectivity index (χ1n) is 7.16. The van der Waals surface area contributed by atoms with Crippen molar-refractivity contribution in [1.29, 1.82) is 0 Å². The number of aromatic nitrogens is 1. The van der Waals surface area contributed by atoms with Crippen LogP contribution in [0.15, 0.2) is 24.4 Å². The van der Waals surface area contributed by atoms with Crippen molar-refractivity contribution in [2.24, 2.45) is 0 Å². The van der Waals surface area contributed by atoms with Crippen LogP contribution in [0.3, 0.4) is 0 Å². The second-order valence-electron chi connectivity index (χ2n) is 5.68. The van der Waals surface area contributed by atoms with Crippen LogP contribution in [0.5, 0.6) is 0 Å². The van der Waals surface area contributed by atoms with Gasteiger partial charge in [-0.1, -0.05) is 6.07 Å². The van der Waals surface area contributed by atoms with E-state index in [1.807, 2.05) is 0 Å². The average Bonchev–Trinajstić information content (AvgIpc) is 2.81. The zero-order valence-electron chi connectivity index (χ0n) is 12.2. The van der Waals surface area contributed by atoms with Crippen LogP contribution in [0.4, 0.5) is 4.39 Å². The van der Waals surface area contributed by atoms with E-state index >= 15 is 0 Å². The Balaban J connectivity index is 1.99. The van der Waals surface area contributed by atoms with Gasteiger partial charge in [-0.25, -0.2) is 12.8 Å². The van der Waals surface area contributed by atoms with E-state index < -0.39 is 21.7 Å². The minimum Gasteiger partial charge on any atom is -0.360 e. The minimum absolute atomic E-state index is 0.0520. The van der Waals surface area contributed by atoms with E-state index in [2.05, 4.69) is 4.98 Å². The van der Waals surface area contributed by atoms with Gasteiger partial charge in [0.05, 0.1) is 17.1 Å². The maximum Gasteiger partial charge on any atom is 0.256 e. The van der Waals surface area contributed by atoms with E-state index in [0.717, 1.165) is 0 Å². The molecule has 1 unspecified atom stereocenters. The second kappa shape index (κ2) is 5.39. The highest BCUT2D eigenvalue weighted by Gasteiger charge is 2.30. The number of amides is 1. The molecule has 0 saturated carbocycles. The average molecular weight is 324 g/mol. The molecular formula is C15H17FN2O3S. The Morgan fingerprint density at radius 3 is 2.95 bits per heavy atom. The summed E-state index contributed by atoms with van der Waals surface area (Å²) in [4.78, 5) is 17.2. The van der Waals surface area contributed by atoms with Gasteiger partial charge in [0.2, 0.25) is 0 Å². The Hall–Kier alpha value is -1.89. The number of benzene rings is 1. The molecular weight excluding hydrogens is 307 g/mol. The molecule has 1 amide bonds. The number of nitrogens with zero attached hydrogens (tertiary/aromatic N) is 1. The number of sulfone groups is 1. The van der Waals surface area contributed by atoms with Crippen molar-refractivity contribution in [1.82, 2.24) is 9.88 Å². The van der Waals surface area contributed by atoms with Crippen LogP contribution in [0, 0.1) is 5.82 Å². The molecule has 5 nitrogen and oxygen atoms in total. The number of aromatic amines is 1. The van der Waals surface area contributed by atoms with Crippen molar-refractivity contribution in [3.8, 4) is 0 Å². The summed E-state index contributed by atoms with van der Waals surface area (Å²) in [5.74, 6) is -0.759. The Morgan fingerprint density at radius 2 is 2.18 bits per heavy atom. The van der Waals surface area contributed by atoms with E-state index in [9.17, 15) is 17.6 Å². The SMILES string of the molecule is CC1CS(=O)(=O)CCCN1C(=O)c1c[nH]c2cccc(F)c12. The number of halogens is 1. The number of H-pyrrole nitrogens is 1. The van der Waals surface area contributed by atoms with Gasteiger partial charge in [0, 0.05) is 29.7 Å². The number of carbonyl (C=O) groups is 1. The summed E-state index contributed by atoms with van der Waals surface area (Å²) < 4.78 is 37.6. The van der Waals surface area contributed by atoms with Gasteiger partial charge >= 0.3 is 0 Å².